The molecular weight excluding hydrogens is 637 g/mol. The van der Waals surface area contributed by atoms with E-state index in [9.17, 15) is 0 Å². The van der Waals surface area contributed by atoms with Crippen molar-refractivity contribution in [3.05, 3.63) is 119 Å². The molecular formula is C47H56N4O. The standard InChI is InChI=1S/C47H56N4O/c1-10-11-15-43-47(46-32(7)22-31(6)23-33(46)8)34(9)49-51(43)37-25-36(30(4)5)26-39(27-37)52-38-17-18-41-40-14-12-13-16-42(40)50(44(41)28-38)45-24-35(19-20-48-45)21-29(2)3/h12-14,16-20,22,24-31,33,46H,10-11,15,21,23H2,1-9H3/t31-,33?,46-/m0/s1. The van der Waals surface area contributed by atoms with Crippen LogP contribution in [0.3, 0.4) is 0 Å². The maximum Gasteiger partial charge on any atom is 0.137 e. The fourth-order valence-electron chi connectivity index (χ4n) is 8.79. The molecule has 3 aromatic heterocycles. The number of benzene rings is 3. The third-order valence-electron chi connectivity index (χ3n) is 11.0. The number of allylic oxidation sites excluding steroid dienone is 2. The Hall–Kier alpha value is -4.64. The summed E-state index contributed by atoms with van der Waals surface area (Å²) >= 11 is 0. The fraction of sp³-hybridized carbons (Fsp3) is 0.404. The van der Waals surface area contributed by atoms with Crippen LogP contribution in [0.15, 0.2) is 90.6 Å². The van der Waals surface area contributed by atoms with Crippen molar-refractivity contribution in [2.75, 3.05) is 0 Å². The van der Waals surface area contributed by atoms with Crippen molar-refractivity contribution in [3.8, 4) is 23.0 Å². The van der Waals surface area contributed by atoms with Crippen LogP contribution < -0.4 is 4.74 Å². The number of nitrogens with zero attached hydrogens (tertiary/aromatic N) is 4. The van der Waals surface area contributed by atoms with Crippen LogP contribution in [0.1, 0.15) is 115 Å². The van der Waals surface area contributed by atoms with Crippen LogP contribution in [0.4, 0.5) is 0 Å². The molecule has 52 heavy (non-hydrogen) atoms. The first-order chi connectivity index (χ1) is 25.0. The summed E-state index contributed by atoms with van der Waals surface area (Å²) in [6.45, 7) is 20.6. The molecule has 0 saturated heterocycles. The summed E-state index contributed by atoms with van der Waals surface area (Å²) in [7, 11) is 0. The minimum absolute atomic E-state index is 0.330. The molecule has 1 aliphatic carbocycles. The third-order valence-corrected chi connectivity index (χ3v) is 11.0. The Kier molecular flexibility index (Phi) is 10.2. The van der Waals surface area contributed by atoms with Crippen LogP contribution in [-0.2, 0) is 12.8 Å². The Morgan fingerprint density at radius 2 is 1.65 bits per heavy atom. The van der Waals surface area contributed by atoms with Gasteiger partial charge in [0.2, 0.25) is 0 Å². The van der Waals surface area contributed by atoms with Gasteiger partial charge in [0.15, 0.2) is 0 Å². The van der Waals surface area contributed by atoms with Crippen molar-refractivity contribution in [1.29, 1.82) is 0 Å². The van der Waals surface area contributed by atoms with Crippen molar-refractivity contribution in [1.82, 2.24) is 19.3 Å². The average Bonchev–Trinajstić information content (AvgIpc) is 3.60. The first-order valence-corrected chi connectivity index (χ1v) is 19.6. The molecule has 6 aromatic rings. The summed E-state index contributed by atoms with van der Waals surface area (Å²) in [5.74, 6) is 5.06. The first kappa shape index (κ1) is 35.7. The molecule has 3 heterocycles. The van der Waals surface area contributed by atoms with Gasteiger partial charge in [0.25, 0.3) is 0 Å². The number of ether oxygens (including phenoxy) is 1. The number of fused-ring (bicyclic) bond motifs is 3. The van der Waals surface area contributed by atoms with Crippen LogP contribution in [0.5, 0.6) is 11.5 Å². The van der Waals surface area contributed by atoms with E-state index < -0.39 is 0 Å². The fourth-order valence-corrected chi connectivity index (χ4v) is 8.79. The highest BCUT2D eigenvalue weighted by molar-refractivity contribution is 6.09. The molecule has 5 nitrogen and oxygen atoms in total. The average molecular weight is 693 g/mol. The summed E-state index contributed by atoms with van der Waals surface area (Å²) in [6.07, 6.45) is 9.95. The molecule has 270 valence electrons. The maximum absolute atomic E-state index is 6.84. The van der Waals surface area contributed by atoms with Gasteiger partial charge in [-0.05, 0) is 117 Å². The minimum Gasteiger partial charge on any atom is -0.457 e. The van der Waals surface area contributed by atoms with E-state index in [1.54, 1.807) is 0 Å². The molecule has 0 bridgehead atoms. The number of hydrogen-bond acceptors (Lipinski definition) is 3. The largest absolute Gasteiger partial charge is 0.457 e. The Bertz CT molecular complexity index is 2250. The Labute approximate surface area is 310 Å². The van der Waals surface area contributed by atoms with Crippen molar-refractivity contribution < 1.29 is 4.74 Å². The van der Waals surface area contributed by atoms with Crippen LogP contribution in [-0.4, -0.2) is 19.3 Å². The lowest BCUT2D eigenvalue weighted by atomic mass is 9.72. The van der Waals surface area contributed by atoms with Crippen molar-refractivity contribution in [2.45, 2.75) is 106 Å². The zero-order valence-corrected chi connectivity index (χ0v) is 32.7. The minimum atomic E-state index is 0.330. The number of aryl methyl sites for hydroxylation is 1. The summed E-state index contributed by atoms with van der Waals surface area (Å²) in [5.41, 5.74) is 11.2. The molecule has 0 aliphatic heterocycles. The molecule has 0 spiro atoms. The highest BCUT2D eigenvalue weighted by Gasteiger charge is 2.32. The zero-order valence-electron chi connectivity index (χ0n) is 32.7. The topological polar surface area (TPSA) is 44.9 Å². The number of para-hydroxylation sites is 1. The Morgan fingerprint density at radius 1 is 0.865 bits per heavy atom. The molecule has 0 fully saturated rings. The van der Waals surface area contributed by atoms with Crippen molar-refractivity contribution >= 4 is 21.8 Å². The quantitative estimate of drug-likeness (QED) is 0.127. The van der Waals surface area contributed by atoms with Gasteiger partial charge in [0, 0.05) is 46.3 Å². The SMILES string of the molecule is CCCCc1c([C@H]2C(C)=C[C@H](C)CC2C)c(C)nn1-c1cc(Oc2ccc3c4ccccc4n(-c4cc(CC(C)C)ccn4)c3c2)cc(C(C)C)c1. The number of rotatable bonds is 11. The second-order valence-corrected chi connectivity index (χ2v) is 16.2. The summed E-state index contributed by atoms with van der Waals surface area (Å²) < 4.78 is 11.4. The van der Waals surface area contributed by atoms with E-state index in [-0.39, 0.29) is 0 Å². The Balaban J connectivity index is 1.33. The summed E-state index contributed by atoms with van der Waals surface area (Å²) in [6, 6.07) is 26.2. The lowest BCUT2D eigenvalue weighted by molar-refractivity contribution is 0.389. The van der Waals surface area contributed by atoms with Gasteiger partial charge < -0.3 is 4.74 Å². The monoisotopic (exact) mass is 692 g/mol. The van der Waals surface area contributed by atoms with E-state index in [1.165, 1.54) is 45.2 Å². The molecule has 5 heteroatoms. The van der Waals surface area contributed by atoms with Gasteiger partial charge in [-0.1, -0.05) is 84.7 Å². The molecule has 0 N–H and O–H groups in total. The summed E-state index contributed by atoms with van der Waals surface area (Å²) in [5, 5.41) is 7.70. The zero-order chi connectivity index (χ0) is 36.7. The highest BCUT2D eigenvalue weighted by atomic mass is 16.5. The van der Waals surface area contributed by atoms with Gasteiger partial charge in [-0.25, -0.2) is 9.67 Å². The molecule has 1 aliphatic rings. The van der Waals surface area contributed by atoms with E-state index in [4.69, 9.17) is 14.8 Å². The van der Waals surface area contributed by atoms with Gasteiger partial charge in [0.05, 0.1) is 22.4 Å². The molecule has 0 radical (unpaired) electrons. The van der Waals surface area contributed by atoms with Crippen molar-refractivity contribution in [3.63, 3.8) is 0 Å². The Morgan fingerprint density at radius 3 is 2.40 bits per heavy atom. The van der Waals surface area contributed by atoms with E-state index in [0.29, 0.717) is 29.6 Å². The van der Waals surface area contributed by atoms with Gasteiger partial charge in [-0.3, -0.25) is 4.57 Å². The molecule has 3 aromatic carbocycles. The number of pyridine rings is 1. The molecule has 3 atom stereocenters. The second kappa shape index (κ2) is 14.8. The molecule has 7 rings (SSSR count). The molecule has 0 saturated carbocycles. The number of hydrogen-bond donors (Lipinski definition) is 0. The smallest absolute Gasteiger partial charge is 0.137 e. The van der Waals surface area contributed by atoms with E-state index >= 15 is 0 Å². The lowest BCUT2D eigenvalue weighted by Crippen LogP contribution is -2.21. The van der Waals surface area contributed by atoms with Crippen LogP contribution in [0.25, 0.3) is 33.3 Å². The van der Waals surface area contributed by atoms with Crippen LogP contribution in [0, 0.1) is 24.7 Å². The van der Waals surface area contributed by atoms with Gasteiger partial charge in [0.1, 0.15) is 17.3 Å². The van der Waals surface area contributed by atoms with E-state index in [1.807, 2.05) is 6.20 Å². The van der Waals surface area contributed by atoms with Gasteiger partial charge in [-0.15, -0.1) is 0 Å². The van der Waals surface area contributed by atoms with Crippen LogP contribution >= 0.6 is 0 Å². The summed E-state index contributed by atoms with van der Waals surface area (Å²) in [4.78, 5) is 4.87. The normalized spacial score (nSPS) is 17.8. The van der Waals surface area contributed by atoms with E-state index in [2.05, 4.69) is 150 Å². The molecule has 0 amide bonds. The third kappa shape index (κ3) is 6.95. The highest BCUT2D eigenvalue weighted by Crippen LogP contribution is 2.44. The number of unbranched alkanes of at least 4 members (excludes halogenated alkanes) is 1. The second-order valence-electron chi connectivity index (χ2n) is 16.2. The van der Waals surface area contributed by atoms with E-state index in [0.717, 1.165) is 65.4 Å². The first-order valence-electron chi connectivity index (χ1n) is 19.6. The predicted octanol–water partition coefficient (Wildman–Crippen LogP) is 12.8. The van der Waals surface area contributed by atoms with Gasteiger partial charge in [-0.2, -0.15) is 5.10 Å². The van der Waals surface area contributed by atoms with Crippen LogP contribution in [0.2, 0.25) is 0 Å². The van der Waals surface area contributed by atoms with Crippen molar-refractivity contribution in [2.24, 2.45) is 17.8 Å². The molecule has 1 unspecified atom stereocenters. The maximum atomic E-state index is 6.84. The predicted molar refractivity (Wildman–Crippen MR) is 218 cm³/mol. The van der Waals surface area contributed by atoms with Gasteiger partial charge >= 0.3 is 0 Å². The number of aromatic nitrogens is 4. The lowest BCUT2D eigenvalue weighted by Gasteiger charge is -2.32.